The fourth-order valence-electron chi connectivity index (χ4n) is 2.10. The van der Waals surface area contributed by atoms with Gasteiger partial charge in [-0.25, -0.2) is 0 Å². The Bertz CT molecular complexity index is 376. The topological polar surface area (TPSA) is 29.5 Å². The summed E-state index contributed by atoms with van der Waals surface area (Å²) in [5, 5.41) is 0. The molecule has 106 valence electrons. The Kier molecular flexibility index (Phi) is 6.57. The van der Waals surface area contributed by atoms with Crippen molar-refractivity contribution in [2.45, 2.75) is 20.3 Å². The Labute approximate surface area is 116 Å². The number of carbonyl (C=O) groups is 1. The summed E-state index contributed by atoms with van der Waals surface area (Å²) < 4.78 is 4.87. The standard InChI is InChI=1S/C16H25NO2/c1-13(2)15(16(18)19-4)12-17(3)11-10-14-8-6-5-7-9-14/h5-9,13,15H,10-12H2,1-4H3. The van der Waals surface area contributed by atoms with Crippen LogP contribution in [0.15, 0.2) is 30.3 Å². The van der Waals surface area contributed by atoms with Gasteiger partial charge in [0.2, 0.25) is 0 Å². The number of ether oxygens (including phenoxy) is 1. The van der Waals surface area contributed by atoms with Crippen molar-refractivity contribution in [3.63, 3.8) is 0 Å². The predicted octanol–water partition coefficient (Wildman–Crippen LogP) is 2.61. The molecule has 0 saturated heterocycles. The molecule has 0 N–H and O–H groups in total. The van der Waals surface area contributed by atoms with E-state index in [0.717, 1.165) is 19.5 Å². The van der Waals surface area contributed by atoms with Crippen molar-refractivity contribution in [3.05, 3.63) is 35.9 Å². The van der Waals surface area contributed by atoms with Crippen molar-refractivity contribution in [2.75, 3.05) is 27.2 Å². The van der Waals surface area contributed by atoms with Gasteiger partial charge in [0, 0.05) is 13.1 Å². The van der Waals surface area contributed by atoms with Crippen molar-refractivity contribution in [2.24, 2.45) is 11.8 Å². The third kappa shape index (κ3) is 5.43. The third-order valence-corrected chi connectivity index (χ3v) is 3.44. The second-order valence-corrected chi connectivity index (χ2v) is 5.37. The molecular weight excluding hydrogens is 238 g/mol. The van der Waals surface area contributed by atoms with Crippen molar-refractivity contribution >= 4 is 5.97 Å². The van der Waals surface area contributed by atoms with E-state index in [1.54, 1.807) is 0 Å². The van der Waals surface area contributed by atoms with Gasteiger partial charge in [-0.05, 0) is 24.9 Å². The van der Waals surface area contributed by atoms with Crippen molar-refractivity contribution in [1.82, 2.24) is 4.90 Å². The highest BCUT2D eigenvalue weighted by molar-refractivity contribution is 5.72. The monoisotopic (exact) mass is 263 g/mol. The van der Waals surface area contributed by atoms with Crippen LogP contribution in [0.2, 0.25) is 0 Å². The molecule has 1 rings (SSSR count). The molecule has 0 aliphatic heterocycles. The van der Waals surface area contributed by atoms with Gasteiger partial charge in [-0.2, -0.15) is 0 Å². The van der Waals surface area contributed by atoms with Crippen LogP contribution in [0.1, 0.15) is 19.4 Å². The molecule has 19 heavy (non-hydrogen) atoms. The molecule has 0 heterocycles. The summed E-state index contributed by atoms with van der Waals surface area (Å²) in [6, 6.07) is 10.4. The Morgan fingerprint density at radius 2 is 1.89 bits per heavy atom. The second kappa shape index (κ2) is 7.95. The first-order valence-electron chi connectivity index (χ1n) is 6.85. The molecule has 0 amide bonds. The molecule has 0 saturated carbocycles. The number of hydrogen-bond donors (Lipinski definition) is 0. The Balaban J connectivity index is 2.44. The van der Waals surface area contributed by atoms with Gasteiger partial charge in [-0.15, -0.1) is 0 Å². The van der Waals surface area contributed by atoms with E-state index in [9.17, 15) is 4.79 Å². The van der Waals surface area contributed by atoms with Crippen LogP contribution in [0, 0.1) is 11.8 Å². The molecule has 0 bridgehead atoms. The van der Waals surface area contributed by atoms with Crippen LogP contribution in [-0.4, -0.2) is 38.1 Å². The van der Waals surface area contributed by atoms with Gasteiger partial charge in [0.1, 0.15) is 0 Å². The van der Waals surface area contributed by atoms with E-state index in [2.05, 4.69) is 50.1 Å². The van der Waals surface area contributed by atoms with Crippen LogP contribution in [-0.2, 0) is 16.0 Å². The van der Waals surface area contributed by atoms with Crippen molar-refractivity contribution < 1.29 is 9.53 Å². The molecule has 0 aliphatic carbocycles. The largest absolute Gasteiger partial charge is 0.469 e. The minimum atomic E-state index is -0.110. The van der Waals surface area contributed by atoms with Crippen LogP contribution in [0.4, 0.5) is 0 Å². The average molecular weight is 263 g/mol. The van der Waals surface area contributed by atoms with E-state index >= 15 is 0 Å². The van der Waals surface area contributed by atoms with Crippen molar-refractivity contribution in [3.8, 4) is 0 Å². The molecule has 1 unspecified atom stereocenters. The minimum Gasteiger partial charge on any atom is -0.469 e. The number of esters is 1. The molecule has 0 fully saturated rings. The van der Waals surface area contributed by atoms with Gasteiger partial charge in [-0.1, -0.05) is 44.2 Å². The lowest BCUT2D eigenvalue weighted by molar-refractivity contribution is -0.147. The van der Waals surface area contributed by atoms with Crippen LogP contribution in [0.3, 0.4) is 0 Å². The molecule has 1 aromatic rings. The lowest BCUT2D eigenvalue weighted by Crippen LogP contribution is -2.35. The summed E-state index contributed by atoms with van der Waals surface area (Å²) in [7, 11) is 3.52. The predicted molar refractivity (Wildman–Crippen MR) is 78.0 cm³/mol. The third-order valence-electron chi connectivity index (χ3n) is 3.44. The van der Waals surface area contributed by atoms with Crippen LogP contribution < -0.4 is 0 Å². The molecular formula is C16H25NO2. The summed E-state index contributed by atoms with van der Waals surface area (Å²) in [5.74, 6) is 0.138. The molecule has 0 spiro atoms. The maximum atomic E-state index is 11.7. The van der Waals surface area contributed by atoms with E-state index < -0.39 is 0 Å². The number of hydrogen-bond acceptors (Lipinski definition) is 3. The average Bonchev–Trinajstić information content (AvgIpc) is 2.42. The first-order valence-corrected chi connectivity index (χ1v) is 6.85. The second-order valence-electron chi connectivity index (χ2n) is 5.37. The van der Waals surface area contributed by atoms with E-state index in [-0.39, 0.29) is 11.9 Å². The number of nitrogens with zero attached hydrogens (tertiary/aromatic N) is 1. The molecule has 1 atom stereocenters. The van der Waals surface area contributed by atoms with E-state index in [1.165, 1.54) is 12.7 Å². The van der Waals surface area contributed by atoms with Crippen LogP contribution in [0.5, 0.6) is 0 Å². The van der Waals surface area contributed by atoms with E-state index in [1.807, 2.05) is 6.07 Å². The maximum Gasteiger partial charge on any atom is 0.310 e. The zero-order chi connectivity index (χ0) is 14.3. The zero-order valence-electron chi connectivity index (χ0n) is 12.4. The molecule has 3 nitrogen and oxygen atoms in total. The van der Waals surface area contributed by atoms with E-state index in [4.69, 9.17) is 4.74 Å². The number of likely N-dealkylation sites (N-methyl/N-ethyl adjacent to an activating group) is 1. The first-order chi connectivity index (χ1) is 9.04. The highest BCUT2D eigenvalue weighted by atomic mass is 16.5. The molecule has 0 aliphatic rings. The minimum absolute atomic E-state index is 0.0502. The van der Waals surface area contributed by atoms with E-state index in [0.29, 0.717) is 5.92 Å². The Morgan fingerprint density at radius 1 is 1.26 bits per heavy atom. The normalized spacial score (nSPS) is 12.7. The summed E-state index contributed by atoms with van der Waals surface area (Å²) >= 11 is 0. The number of rotatable bonds is 7. The lowest BCUT2D eigenvalue weighted by atomic mass is 9.95. The zero-order valence-corrected chi connectivity index (χ0v) is 12.4. The number of methoxy groups -OCH3 is 1. The van der Waals surface area contributed by atoms with Crippen molar-refractivity contribution in [1.29, 1.82) is 0 Å². The lowest BCUT2D eigenvalue weighted by Gasteiger charge is -2.24. The Morgan fingerprint density at radius 3 is 2.42 bits per heavy atom. The SMILES string of the molecule is COC(=O)C(CN(C)CCc1ccccc1)C(C)C. The molecule has 3 heteroatoms. The van der Waals surface area contributed by atoms with Gasteiger partial charge < -0.3 is 9.64 Å². The quantitative estimate of drug-likeness (QED) is 0.708. The molecule has 0 aromatic heterocycles. The molecule has 0 radical (unpaired) electrons. The highest BCUT2D eigenvalue weighted by Crippen LogP contribution is 2.14. The fourth-order valence-corrected chi connectivity index (χ4v) is 2.10. The highest BCUT2D eigenvalue weighted by Gasteiger charge is 2.24. The van der Waals surface area contributed by atoms with Gasteiger partial charge in [0.15, 0.2) is 0 Å². The molecule has 1 aromatic carbocycles. The first kappa shape index (κ1) is 15.7. The summed E-state index contributed by atoms with van der Waals surface area (Å²) in [4.78, 5) is 13.9. The Hall–Kier alpha value is -1.35. The van der Waals surface area contributed by atoms with Gasteiger partial charge >= 0.3 is 5.97 Å². The summed E-state index contributed by atoms with van der Waals surface area (Å²) in [5.41, 5.74) is 1.33. The van der Waals surface area contributed by atoms with Gasteiger partial charge in [0.25, 0.3) is 0 Å². The fraction of sp³-hybridized carbons (Fsp3) is 0.562. The number of benzene rings is 1. The van der Waals surface area contributed by atoms with Crippen LogP contribution in [0.25, 0.3) is 0 Å². The van der Waals surface area contributed by atoms with Gasteiger partial charge in [-0.3, -0.25) is 4.79 Å². The summed E-state index contributed by atoms with van der Waals surface area (Å²) in [6.07, 6.45) is 1.00. The maximum absolute atomic E-state index is 11.7. The van der Waals surface area contributed by atoms with Gasteiger partial charge in [0.05, 0.1) is 13.0 Å². The van der Waals surface area contributed by atoms with Crippen LogP contribution >= 0.6 is 0 Å². The summed E-state index contributed by atoms with van der Waals surface area (Å²) in [6.45, 7) is 5.82. The number of carbonyl (C=O) groups excluding carboxylic acids is 1. The smallest absolute Gasteiger partial charge is 0.310 e.